The zero-order chi connectivity index (χ0) is 20.3. The molecule has 1 unspecified atom stereocenters. The maximum Gasteiger partial charge on any atom is 0.213 e. The first-order valence-electron chi connectivity index (χ1n) is 9.66. The van der Waals surface area contributed by atoms with Gasteiger partial charge in [-0.2, -0.15) is 0 Å². The molecule has 0 fully saturated rings. The molecule has 27 heavy (non-hydrogen) atoms. The lowest BCUT2D eigenvalue weighted by Gasteiger charge is -2.26. The van der Waals surface area contributed by atoms with Gasteiger partial charge in [0.05, 0.1) is 6.61 Å². The standard InChI is InChI=1S/C21H27NO3.C2H6/c1-16(2)21(4)10-5-6-18(9-11-21)19-7-8-20(22-14-19)25-13-12-24-15-17(3)23;1-2/h5-11,14,16H,12-13,15H2,1-4H3;1-2H3. The summed E-state index contributed by atoms with van der Waals surface area (Å²) in [5, 5.41) is 0. The van der Waals surface area contributed by atoms with E-state index in [1.807, 2.05) is 32.2 Å². The van der Waals surface area contributed by atoms with Gasteiger partial charge in [-0.3, -0.25) is 4.79 Å². The molecule has 0 aliphatic heterocycles. The summed E-state index contributed by atoms with van der Waals surface area (Å²) in [6.07, 6.45) is 12.7. The first kappa shape index (κ1) is 22.8. The molecule has 4 nitrogen and oxygen atoms in total. The molecule has 1 aliphatic rings. The van der Waals surface area contributed by atoms with E-state index in [0.717, 1.165) is 11.1 Å². The Kier molecular flexibility index (Phi) is 9.73. The van der Waals surface area contributed by atoms with Gasteiger partial charge < -0.3 is 9.47 Å². The zero-order valence-corrected chi connectivity index (χ0v) is 17.5. The van der Waals surface area contributed by atoms with Crippen LogP contribution in [0.4, 0.5) is 0 Å². The predicted octanol–water partition coefficient (Wildman–Crippen LogP) is 5.26. The molecule has 0 N–H and O–H groups in total. The van der Waals surface area contributed by atoms with Gasteiger partial charge in [-0.15, -0.1) is 0 Å². The molecule has 0 saturated carbocycles. The van der Waals surface area contributed by atoms with E-state index in [9.17, 15) is 4.79 Å². The Morgan fingerprint density at radius 3 is 2.52 bits per heavy atom. The average Bonchev–Trinajstić information content (AvgIpc) is 2.86. The lowest BCUT2D eigenvalue weighted by atomic mass is 9.79. The number of hydrogen-bond acceptors (Lipinski definition) is 4. The molecule has 1 aliphatic carbocycles. The largest absolute Gasteiger partial charge is 0.475 e. The molecule has 1 heterocycles. The summed E-state index contributed by atoms with van der Waals surface area (Å²) in [5.74, 6) is 1.10. The molecule has 0 amide bonds. The number of hydrogen-bond donors (Lipinski definition) is 0. The van der Waals surface area contributed by atoms with Crippen molar-refractivity contribution in [3.8, 4) is 5.88 Å². The first-order chi connectivity index (χ1) is 12.9. The number of carbonyl (C=O) groups excluding carboxylic acids is 1. The molecule has 0 saturated heterocycles. The van der Waals surface area contributed by atoms with Crippen molar-refractivity contribution >= 4 is 11.4 Å². The Morgan fingerprint density at radius 1 is 1.19 bits per heavy atom. The third-order valence-corrected chi connectivity index (χ3v) is 4.45. The van der Waals surface area contributed by atoms with Gasteiger partial charge in [-0.1, -0.05) is 65.0 Å². The lowest BCUT2D eigenvalue weighted by molar-refractivity contribution is -0.121. The first-order valence-corrected chi connectivity index (χ1v) is 9.66. The predicted molar refractivity (Wildman–Crippen MR) is 112 cm³/mol. The number of ketones is 1. The van der Waals surface area contributed by atoms with Crippen molar-refractivity contribution < 1.29 is 14.3 Å². The smallest absolute Gasteiger partial charge is 0.213 e. The molecule has 4 heteroatoms. The van der Waals surface area contributed by atoms with Crippen LogP contribution in [0.5, 0.6) is 5.88 Å². The summed E-state index contributed by atoms with van der Waals surface area (Å²) in [6, 6.07) is 3.85. The molecule has 0 bridgehead atoms. The van der Waals surface area contributed by atoms with Crippen LogP contribution in [-0.4, -0.2) is 30.6 Å². The fraction of sp³-hybridized carbons (Fsp3) is 0.478. The van der Waals surface area contributed by atoms with Crippen molar-refractivity contribution in [1.29, 1.82) is 0 Å². The van der Waals surface area contributed by atoms with Crippen LogP contribution >= 0.6 is 0 Å². The minimum atomic E-state index is 0.00909. The second-order valence-electron chi connectivity index (χ2n) is 6.82. The van der Waals surface area contributed by atoms with Gasteiger partial charge in [0.2, 0.25) is 5.88 Å². The maximum atomic E-state index is 10.8. The molecule has 148 valence electrons. The number of pyridine rings is 1. The average molecular weight is 372 g/mol. The van der Waals surface area contributed by atoms with Gasteiger partial charge in [0.15, 0.2) is 5.78 Å². The summed E-state index contributed by atoms with van der Waals surface area (Å²) in [5.41, 5.74) is 2.24. The highest BCUT2D eigenvalue weighted by Crippen LogP contribution is 2.33. The normalized spacial score (nSPS) is 18.4. The van der Waals surface area contributed by atoms with Crippen molar-refractivity contribution in [2.75, 3.05) is 19.8 Å². The zero-order valence-electron chi connectivity index (χ0n) is 17.5. The minimum Gasteiger partial charge on any atom is -0.475 e. The van der Waals surface area contributed by atoms with Crippen molar-refractivity contribution in [3.63, 3.8) is 0 Å². The summed E-state index contributed by atoms with van der Waals surface area (Å²) in [4.78, 5) is 15.1. The summed E-state index contributed by atoms with van der Waals surface area (Å²) < 4.78 is 10.7. The van der Waals surface area contributed by atoms with Crippen LogP contribution < -0.4 is 4.74 Å². The van der Waals surface area contributed by atoms with Crippen LogP contribution in [0.15, 0.2) is 48.7 Å². The van der Waals surface area contributed by atoms with Crippen LogP contribution in [0.3, 0.4) is 0 Å². The Labute approximate surface area is 164 Å². The Bertz CT molecular complexity index is 671. The number of carbonyl (C=O) groups is 1. The maximum absolute atomic E-state index is 10.8. The van der Waals surface area contributed by atoms with E-state index in [0.29, 0.717) is 25.0 Å². The van der Waals surface area contributed by atoms with E-state index in [-0.39, 0.29) is 17.8 Å². The quantitative estimate of drug-likeness (QED) is 0.585. The second kappa shape index (κ2) is 11.5. The highest BCUT2D eigenvalue weighted by Gasteiger charge is 2.22. The van der Waals surface area contributed by atoms with Gasteiger partial charge >= 0.3 is 0 Å². The van der Waals surface area contributed by atoms with Gasteiger partial charge in [-0.05, 0) is 24.5 Å². The molecule has 0 aromatic carbocycles. The van der Waals surface area contributed by atoms with Crippen molar-refractivity contribution in [2.24, 2.45) is 11.3 Å². The van der Waals surface area contributed by atoms with Gasteiger partial charge in [0, 0.05) is 23.2 Å². The number of allylic oxidation sites excluding steroid dienone is 6. The van der Waals surface area contributed by atoms with Crippen molar-refractivity contribution in [1.82, 2.24) is 4.98 Å². The van der Waals surface area contributed by atoms with E-state index < -0.39 is 0 Å². The Hall–Kier alpha value is -2.20. The second-order valence-corrected chi connectivity index (χ2v) is 6.82. The molecule has 0 radical (unpaired) electrons. The number of Topliss-reactive ketones (excluding diaryl/α,β-unsaturated/α-hetero) is 1. The topological polar surface area (TPSA) is 48.4 Å². The number of ether oxygens (including phenoxy) is 2. The minimum absolute atomic E-state index is 0.00909. The van der Waals surface area contributed by atoms with E-state index in [1.54, 1.807) is 0 Å². The van der Waals surface area contributed by atoms with Crippen molar-refractivity contribution in [3.05, 3.63) is 54.3 Å². The number of rotatable bonds is 8. The number of nitrogens with zero attached hydrogens (tertiary/aromatic N) is 1. The van der Waals surface area contributed by atoms with Crippen LogP contribution in [0.25, 0.3) is 5.57 Å². The van der Waals surface area contributed by atoms with Gasteiger partial charge in [-0.25, -0.2) is 4.98 Å². The summed E-state index contributed by atoms with van der Waals surface area (Å²) in [7, 11) is 0. The van der Waals surface area contributed by atoms with E-state index in [4.69, 9.17) is 9.47 Å². The van der Waals surface area contributed by atoms with E-state index >= 15 is 0 Å². The third kappa shape index (κ3) is 7.51. The molecule has 2 rings (SSSR count). The number of aromatic nitrogens is 1. The van der Waals surface area contributed by atoms with Crippen LogP contribution in [0.2, 0.25) is 0 Å². The molecule has 0 spiro atoms. The summed E-state index contributed by atoms with van der Waals surface area (Å²) >= 11 is 0. The Balaban J connectivity index is 0.00000176. The summed E-state index contributed by atoms with van der Waals surface area (Å²) in [6.45, 7) is 13.1. The molecular weight excluding hydrogens is 338 g/mol. The monoisotopic (exact) mass is 371 g/mol. The van der Waals surface area contributed by atoms with Crippen molar-refractivity contribution in [2.45, 2.75) is 41.5 Å². The fourth-order valence-corrected chi connectivity index (χ4v) is 2.37. The Morgan fingerprint density at radius 2 is 1.93 bits per heavy atom. The molecular formula is C23H33NO3. The highest BCUT2D eigenvalue weighted by atomic mass is 16.5. The van der Waals surface area contributed by atoms with Crippen LogP contribution in [0.1, 0.15) is 47.1 Å². The van der Waals surface area contributed by atoms with Crippen LogP contribution in [-0.2, 0) is 9.53 Å². The van der Waals surface area contributed by atoms with Gasteiger partial charge in [0.25, 0.3) is 0 Å². The van der Waals surface area contributed by atoms with E-state index in [1.165, 1.54) is 6.92 Å². The molecule has 1 aromatic rings. The molecule has 1 aromatic heterocycles. The lowest BCUT2D eigenvalue weighted by Crippen LogP contribution is -2.17. The third-order valence-electron chi connectivity index (χ3n) is 4.45. The van der Waals surface area contributed by atoms with Crippen LogP contribution in [0, 0.1) is 11.3 Å². The highest BCUT2D eigenvalue weighted by molar-refractivity contribution is 5.76. The van der Waals surface area contributed by atoms with E-state index in [2.05, 4.69) is 56.1 Å². The fourth-order valence-electron chi connectivity index (χ4n) is 2.37. The van der Waals surface area contributed by atoms with Gasteiger partial charge in [0.1, 0.15) is 13.2 Å². The molecule has 1 atom stereocenters. The SMILES string of the molecule is CC.CC(=O)COCCOc1ccc(C2=CC=CC(C)(C(C)C)C=C2)cn1.